The van der Waals surface area contributed by atoms with Crippen LogP contribution in [0.2, 0.25) is 0 Å². The van der Waals surface area contributed by atoms with Crippen molar-refractivity contribution in [2.75, 3.05) is 4.90 Å². The summed E-state index contributed by atoms with van der Waals surface area (Å²) in [5.74, 6) is 0.823. The van der Waals surface area contributed by atoms with E-state index in [1.165, 1.54) is 77.9 Å². The number of anilines is 3. The van der Waals surface area contributed by atoms with Crippen LogP contribution in [0.3, 0.4) is 0 Å². The highest BCUT2D eigenvalue weighted by molar-refractivity contribution is 6.04. The molecular weight excluding hydrogens is 859 g/mol. The van der Waals surface area contributed by atoms with Crippen LogP contribution in [0.1, 0.15) is 68.3 Å². The topological polar surface area (TPSA) is 16.4 Å². The summed E-state index contributed by atoms with van der Waals surface area (Å²) in [6.07, 6.45) is 4.07. The van der Waals surface area contributed by atoms with Gasteiger partial charge in [-0.1, -0.05) is 231 Å². The molecule has 0 amide bonds. The third-order valence-electron chi connectivity index (χ3n) is 15.7. The molecule has 1 heterocycles. The second-order valence-electron chi connectivity index (χ2n) is 18.9. The lowest BCUT2D eigenvalue weighted by Crippen LogP contribution is -2.28. The molecule has 334 valence electrons. The Kier molecular flexibility index (Phi) is 9.12. The van der Waals surface area contributed by atoms with Crippen molar-refractivity contribution >= 4 is 39.7 Å². The van der Waals surface area contributed by atoms with Crippen molar-refractivity contribution in [2.24, 2.45) is 0 Å². The molecule has 71 heavy (non-hydrogen) atoms. The molecule has 0 atom stereocenters. The van der Waals surface area contributed by atoms with Crippen molar-refractivity contribution in [3.63, 3.8) is 0 Å². The lowest BCUT2D eigenvalue weighted by atomic mass is 9.68. The average molecular weight is 906 g/mol. The Labute approximate surface area is 414 Å². The molecule has 14 rings (SSSR count). The zero-order valence-electron chi connectivity index (χ0n) is 39.3. The maximum atomic E-state index is 6.62. The fourth-order valence-electron chi connectivity index (χ4n) is 13.1. The first-order chi connectivity index (χ1) is 35.2. The van der Waals surface area contributed by atoms with E-state index in [9.17, 15) is 0 Å². The summed E-state index contributed by atoms with van der Waals surface area (Å²) in [4.78, 5) is 2.55. The van der Waals surface area contributed by atoms with E-state index in [2.05, 4.69) is 255 Å². The van der Waals surface area contributed by atoms with E-state index < -0.39 is 10.8 Å². The van der Waals surface area contributed by atoms with E-state index in [0.29, 0.717) is 0 Å². The zero-order valence-corrected chi connectivity index (χ0v) is 39.3. The molecule has 1 spiro atoms. The number of allylic oxidation sites excluding steroid dienone is 1. The quantitative estimate of drug-likeness (QED) is 0.151. The Bertz CT molecular complexity index is 3780. The Hall–Kier alpha value is -8.98. The van der Waals surface area contributed by atoms with Crippen LogP contribution in [0.5, 0.6) is 0 Å². The lowest BCUT2D eigenvalue weighted by molar-refractivity contribution is 0.599. The van der Waals surface area contributed by atoms with E-state index in [4.69, 9.17) is 4.42 Å². The third-order valence-corrected chi connectivity index (χ3v) is 15.7. The van der Waals surface area contributed by atoms with E-state index in [1.807, 2.05) is 18.2 Å². The van der Waals surface area contributed by atoms with Gasteiger partial charge in [-0.15, -0.1) is 0 Å². The van der Waals surface area contributed by atoms with Gasteiger partial charge in [-0.05, 0) is 110 Å². The van der Waals surface area contributed by atoms with Crippen molar-refractivity contribution in [2.45, 2.75) is 17.8 Å². The monoisotopic (exact) mass is 905 g/mol. The number of hydrogen-bond acceptors (Lipinski definition) is 2. The highest BCUT2D eigenvalue weighted by Crippen LogP contribution is 2.66. The van der Waals surface area contributed by atoms with Gasteiger partial charge in [0.1, 0.15) is 11.3 Å². The first-order valence-corrected chi connectivity index (χ1v) is 24.7. The molecule has 2 heteroatoms. The highest BCUT2D eigenvalue weighted by atomic mass is 16.3. The minimum Gasteiger partial charge on any atom is -0.455 e. The van der Waals surface area contributed by atoms with Crippen LogP contribution in [-0.2, 0) is 10.8 Å². The van der Waals surface area contributed by atoms with E-state index in [-0.39, 0.29) is 0 Å². The van der Waals surface area contributed by atoms with Gasteiger partial charge in [0.05, 0.1) is 22.2 Å². The fraction of sp³-hybridized carbons (Fsp3) is 0.0435. The van der Waals surface area contributed by atoms with Gasteiger partial charge in [-0.3, -0.25) is 0 Å². The number of para-hydroxylation sites is 1. The number of rotatable bonds is 8. The maximum Gasteiger partial charge on any atom is 0.142 e. The number of furan rings is 1. The van der Waals surface area contributed by atoms with E-state index in [1.54, 1.807) is 0 Å². The Morgan fingerprint density at radius 2 is 0.859 bits per heavy atom. The first kappa shape index (κ1) is 41.0. The van der Waals surface area contributed by atoms with Gasteiger partial charge in [0.25, 0.3) is 0 Å². The van der Waals surface area contributed by atoms with E-state index >= 15 is 0 Å². The largest absolute Gasteiger partial charge is 0.455 e. The van der Waals surface area contributed by atoms with Crippen molar-refractivity contribution in [1.29, 1.82) is 0 Å². The van der Waals surface area contributed by atoms with Crippen LogP contribution >= 0.6 is 0 Å². The molecule has 3 aliphatic carbocycles. The van der Waals surface area contributed by atoms with Gasteiger partial charge in [0, 0.05) is 33.3 Å². The number of fused-ring (bicyclic) bond motifs is 14. The number of nitrogens with zero attached hydrogens (tertiary/aromatic N) is 1. The van der Waals surface area contributed by atoms with Crippen LogP contribution in [0.4, 0.5) is 17.1 Å². The Morgan fingerprint density at radius 1 is 0.423 bits per heavy atom. The summed E-state index contributed by atoms with van der Waals surface area (Å²) in [7, 11) is 0. The molecule has 1 aromatic heterocycles. The van der Waals surface area contributed by atoms with Crippen LogP contribution in [-0.4, -0.2) is 0 Å². The molecule has 0 radical (unpaired) electrons. The molecule has 0 bridgehead atoms. The number of hydrogen-bond donors (Lipinski definition) is 0. The summed E-state index contributed by atoms with van der Waals surface area (Å²) in [6.45, 7) is 6.31. The van der Waals surface area contributed by atoms with Gasteiger partial charge >= 0.3 is 0 Å². The molecule has 3 aliphatic rings. The van der Waals surface area contributed by atoms with Crippen molar-refractivity contribution < 1.29 is 4.42 Å². The molecule has 11 aromatic rings. The molecule has 0 saturated carbocycles. The second kappa shape index (κ2) is 15.8. The predicted molar refractivity (Wildman–Crippen MR) is 294 cm³/mol. The second-order valence-corrected chi connectivity index (χ2v) is 18.9. The van der Waals surface area contributed by atoms with Crippen LogP contribution in [0.25, 0.3) is 56.0 Å². The molecule has 0 unspecified atom stereocenters. The van der Waals surface area contributed by atoms with Gasteiger partial charge in [-0.2, -0.15) is 0 Å². The number of benzene rings is 10. The summed E-state index contributed by atoms with van der Waals surface area (Å²) >= 11 is 0. The molecule has 0 fully saturated rings. The predicted octanol–water partition coefficient (Wildman–Crippen LogP) is 17.7. The molecule has 0 aliphatic heterocycles. The normalized spacial score (nSPS) is 14.1. The smallest absolute Gasteiger partial charge is 0.142 e. The summed E-state index contributed by atoms with van der Waals surface area (Å²) in [6, 6.07) is 89.9. The van der Waals surface area contributed by atoms with Crippen molar-refractivity contribution in [3.8, 4) is 33.4 Å². The Morgan fingerprint density at radius 3 is 1.39 bits per heavy atom. The lowest BCUT2D eigenvalue weighted by Gasteiger charge is -2.35. The van der Waals surface area contributed by atoms with Crippen molar-refractivity contribution in [3.05, 3.63) is 317 Å². The fourth-order valence-corrected chi connectivity index (χ4v) is 13.1. The molecule has 0 N–H and O–H groups in total. The summed E-state index contributed by atoms with van der Waals surface area (Å²) < 4.78 is 6.62. The van der Waals surface area contributed by atoms with Gasteiger partial charge in [0.15, 0.2) is 0 Å². The minimum atomic E-state index is -0.567. The zero-order chi connectivity index (χ0) is 47.3. The average Bonchev–Trinajstić information content (AvgIpc) is 4.16. The minimum absolute atomic E-state index is 0.498. The van der Waals surface area contributed by atoms with Gasteiger partial charge in [-0.25, -0.2) is 0 Å². The molecule has 0 saturated heterocycles. The Balaban J connectivity index is 1.06. The van der Waals surface area contributed by atoms with Gasteiger partial charge in [0.2, 0.25) is 0 Å². The highest BCUT2D eigenvalue weighted by Gasteiger charge is 2.53. The van der Waals surface area contributed by atoms with Crippen LogP contribution in [0.15, 0.2) is 260 Å². The molecular formula is C69H47NO. The first-order valence-electron chi connectivity index (χ1n) is 24.7. The molecule has 2 nitrogen and oxygen atoms in total. The van der Waals surface area contributed by atoms with E-state index in [0.717, 1.165) is 50.5 Å². The van der Waals surface area contributed by atoms with Crippen molar-refractivity contribution in [1.82, 2.24) is 0 Å². The standard InChI is InChI=1S/C69H47NO/c1-3-49(67-50(4-2)53-29-15-20-40-64(53)71-67)45-41-43-48(44-42-45)70(62-38-21-36-60-65(62)54-30-13-18-34-58(54)68(60,46-23-7-5-8-24-46)47-25-9-6-10-26-47)63-39-22-37-61-66(63)55-31-14-19-35-59(55)69(61)56-32-16-11-27-51(56)52-28-12-17-33-57(52)69/h3-44H,2H2,1H3/b49-3-. The SMILES string of the molecule is C=Cc1c(/C(=C\C)c2ccc(N(c3cccc4c3-c3ccccc3C4(c3ccccc3)c3ccccc3)c3cccc4c3-c3ccccc3C43c4ccccc4-c4ccccc43)cc2)oc2ccccc12. The van der Waals surface area contributed by atoms with Gasteiger partial charge < -0.3 is 9.32 Å². The summed E-state index contributed by atoms with van der Waals surface area (Å²) in [5, 5.41) is 1.06. The van der Waals surface area contributed by atoms with Crippen LogP contribution < -0.4 is 4.90 Å². The maximum absolute atomic E-state index is 6.62. The summed E-state index contributed by atoms with van der Waals surface area (Å²) in [5.41, 5.74) is 24.0. The third kappa shape index (κ3) is 5.53. The van der Waals surface area contributed by atoms with Crippen LogP contribution in [0, 0.1) is 0 Å². The molecule has 10 aromatic carbocycles.